The number of likely N-dealkylation sites (tertiary alicyclic amines) is 1. The minimum absolute atomic E-state index is 0.117. The predicted molar refractivity (Wildman–Crippen MR) is 164 cm³/mol. The SMILES string of the molecule is CCN1CCC2(CCN(c3cccc(NC(=O)c4cn(-c5nccc(-c6ccc(N(C)C)cc6)n5)nc4N)c3)C2)C1. The van der Waals surface area contributed by atoms with E-state index in [4.69, 9.17) is 5.73 Å². The van der Waals surface area contributed by atoms with Crippen LogP contribution in [-0.4, -0.2) is 77.4 Å². The maximum absolute atomic E-state index is 13.3. The summed E-state index contributed by atoms with van der Waals surface area (Å²) in [5.74, 6) is 0.128. The van der Waals surface area contributed by atoms with Crippen molar-refractivity contribution >= 4 is 28.8 Å². The van der Waals surface area contributed by atoms with Crippen LogP contribution in [0.25, 0.3) is 17.2 Å². The molecule has 4 heterocycles. The molecule has 10 nitrogen and oxygen atoms in total. The molecule has 212 valence electrons. The fourth-order valence-electron chi connectivity index (χ4n) is 5.98. The van der Waals surface area contributed by atoms with E-state index in [1.54, 1.807) is 12.4 Å². The molecular weight excluding hydrogens is 514 g/mol. The van der Waals surface area contributed by atoms with E-state index in [-0.39, 0.29) is 17.3 Å². The molecule has 2 aromatic carbocycles. The van der Waals surface area contributed by atoms with Gasteiger partial charge in [0.05, 0.1) is 5.69 Å². The summed E-state index contributed by atoms with van der Waals surface area (Å²) in [7, 11) is 4.01. The average Bonchev–Trinajstić information content (AvgIpc) is 3.72. The van der Waals surface area contributed by atoms with Crippen molar-refractivity contribution in [2.45, 2.75) is 19.8 Å². The number of nitrogen functional groups attached to an aromatic ring is 1. The molecule has 0 aliphatic carbocycles. The van der Waals surface area contributed by atoms with Gasteiger partial charge in [-0.25, -0.2) is 14.6 Å². The summed E-state index contributed by atoms with van der Waals surface area (Å²) in [6.45, 7) is 7.81. The van der Waals surface area contributed by atoms with Gasteiger partial charge in [0, 0.05) is 74.2 Å². The molecule has 4 aromatic rings. The van der Waals surface area contributed by atoms with Crippen LogP contribution in [0.2, 0.25) is 0 Å². The zero-order valence-corrected chi connectivity index (χ0v) is 23.9. The normalized spacial score (nSPS) is 18.8. The second-order valence-electron chi connectivity index (χ2n) is 11.4. The molecule has 10 heteroatoms. The third-order valence-corrected chi connectivity index (χ3v) is 8.39. The number of aromatic nitrogens is 4. The Labute approximate surface area is 240 Å². The highest BCUT2D eigenvalue weighted by atomic mass is 16.1. The van der Waals surface area contributed by atoms with Gasteiger partial charge in [-0.1, -0.05) is 25.1 Å². The second-order valence-corrected chi connectivity index (χ2v) is 11.4. The van der Waals surface area contributed by atoms with Crippen molar-refractivity contribution in [3.05, 3.63) is 72.6 Å². The molecule has 2 fully saturated rings. The number of rotatable bonds is 7. The van der Waals surface area contributed by atoms with Gasteiger partial charge in [0.15, 0.2) is 5.82 Å². The molecule has 41 heavy (non-hydrogen) atoms. The second kappa shape index (κ2) is 10.9. The molecule has 2 saturated heterocycles. The maximum atomic E-state index is 13.3. The summed E-state index contributed by atoms with van der Waals surface area (Å²) in [5.41, 5.74) is 11.5. The molecule has 1 spiro atoms. The number of amides is 1. The molecule has 0 radical (unpaired) electrons. The van der Waals surface area contributed by atoms with E-state index in [1.165, 1.54) is 30.6 Å². The Bertz CT molecular complexity index is 1550. The Morgan fingerprint density at radius 1 is 1.07 bits per heavy atom. The molecular formula is C31H37N9O. The number of carbonyl (C=O) groups excluding carboxylic acids is 1. The zero-order chi connectivity index (χ0) is 28.6. The zero-order valence-electron chi connectivity index (χ0n) is 23.9. The van der Waals surface area contributed by atoms with E-state index in [0.29, 0.717) is 11.4 Å². The molecule has 3 N–H and O–H groups in total. The third-order valence-electron chi connectivity index (χ3n) is 8.39. The highest BCUT2D eigenvalue weighted by Gasteiger charge is 2.43. The summed E-state index contributed by atoms with van der Waals surface area (Å²) >= 11 is 0. The fraction of sp³-hybridized carbons (Fsp3) is 0.355. The van der Waals surface area contributed by atoms with Gasteiger partial charge in [-0.05, 0) is 62.3 Å². The Hall–Kier alpha value is -4.44. The maximum Gasteiger partial charge on any atom is 0.261 e. The quantitative estimate of drug-likeness (QED) is 0.353. The summed E-state index contributed by atoms with van der Waals surface area (Å²) in [5, 5.41) is 7.34. The van der Waals surface area contributed by atoms with Crippen LogP contribution in [0.4, 0.5) is 22.9 Å². The van der Waals surface area contributed by atoms with Crippen LogP contribution in [-0.2, 0) is 0 Å². The fourth-order valence-corrected chi connectivity index (χ4v) is 5.98. The third kappa shape index (κ3) is 5.47. The van der Waals surface area contributed by atoms with E-state index < -0.39 is 0 Å². The van der Waals surface area contributed by atoms with Crippen LogP contribution < -0.4 is 20.9 Å². The first-order valence-corrected chi connectivity index (χ1v) is 14.2. The van der Waals surface area contributed by atoms with Gasteiger partial charge in [0.1, 0.15) is 5.56 Å². The van der Waals surface area contributed by atoms with Crippen molar-refractivity contribution in [3.63, 3.8) is 0 Å². The smallest absolute Gasteiger partial charge is 0.261 e. The monoisotopic (exact) mass is 551 g/mol. The van der Waals surface area contributed by atoms with Crippen LogP contribution in [0.1, 0.15) is 30.1 Å². The molecule has 1 unspecified atom stereocenters. The van der Waals surface area contributed by atoms with Crippen LogP contribution >= 0.6 is 0 Å². The number of nitrogens with zero attached hydrogens (tertiary/aromatic N) is 7. The number of nitrogens with one attached hydrogen (secondary N) is 1. The molecule has 2 aliphatic heterocycles. The minimum Gasteiger partial charge on any atom is -0.382 e. The summed E-state index contributed by atoms with van der Waals surface area (Å²) < 4.78 is 1.45. The first-order valence-electron chi connectivity index (χ1n) is 14.2. The Kier molecular flexibility index (Phi) is 7.08. The number of nitrogens with two attached hydrogens (primary N) is 1. The van der Waals surface area contributed by atoms with Gasteiger partial charge >= 0.3 is 0 Å². The van der Waals surface area contributed by atoms with Gasteiger partial charge < -0.3 is 25.8 Å². The van der Waals surface area contributed by atoms with Crippen molar-refractivity contribution in [3.8, 4) is 17.2 Å². The van der Waals surface area contributed by atoms with Crippen molar-refractivity contribution in [1.82, 2.24) is 24.6 Å². The van der Waals surface area contributed by atoms with Crippen LogP contribution in [0.3, 0.4) is 0 Å². The lowest BCUT2D eigenvalue weighted by molar-refractivity contribution is 0.102. The van der Waals surface area contributed by atoms with E-state index in [1.807, 2.05) is 67.5 Å². The van der Waals surface area contributed by atoms with Crippen LogP contribution in [0, 0.1) is 5.41 Å². The first-order chi connectivity index (χ1) is 19.8. The molecule has 0 saturated carbocycles. The van der Waals surface area contributed by atoms with Gasteiger partial charge in [0.25, 0.3) is 11.9 Å². The lowest BCUT2D eigenvalue weighted by Gasteiger charge is -2.25. The number of carbonyl (C=O) groups is 1. The summed E-state index contributed by atoms with van der Waals surface area (Å²) in [6, 6.07) is 18.0. The molecule has 1 atom stereocenters. The largest absolute Gasteiger partial charge is 0.382 e. The van der Waals surface area contributed by atoms with Crippen molar-refractivity contribution in [2.24, 2.45) is 5.41 Å². The molecule has 2 aromatic heterocycles. The van der Waals surface area contributed by atoms with E-state index in [9.17, 15) is 4.79 Å². The van der Waals surface area contributed by atoms with Gasteiger partial charge in [-0.3, -0.25) is 4.79 Å². The van der Waals surface area contributed by atoms with Gasteiger partial charge in [0.2, 0.25) is 0 Å². The molecule has 1 amide bonds. The number of hydrogen-bond donors (Lipinski definition) is 2. The average molecular weight is 552 g/mol. The lowest BCUT2D eigenvalue weighted by atomic mass is 9.86. The number of benzene rings is 2. The molecule has 6 rings (SSSR count). The number of anilines is 4. The molecule has 2 aliphatic rings. The van der Waals surface area contributed by atoms with Gasteiger partial charge in [-0.15, -0.1) is 5.10 Å². The summed E-state index contributed by atoms with van der Waals surface area (Å²) in [6.07, 6.45) is 5.72. The van der Waals surface area contributed by atoms with Crippen molar-refractivity contribution in [1.29, 1.82) is 0 Å². The highest BCUT2D eigenvalue weighted by molar-refractivity contribution is 6.07. The topological polar surface area (TPSA) is 108 Å². The molecule has 0 bridgehead atoms. The predicted octanol–water partition coefficient (Wildman–Crippen LogP) is 4.15. The van der Waals surface area contributed by atoms with E-state index >= 15 is 0 Å². The Morgan fingerprint density at radius 2 is 1.88 bits per heavy atom. The van der Waals surface area contributed by atoms with Crippen LogP contribution in [0.15, 0.2) is 67.0 Å². The van der Waals surface area contributed by atoms with E-state index in [0.717, 1.165) is 48.0 Å². The summed E-state index contributed by atoms with van der Waals surface area (Å²) in [4.78, 5) is 29.3. The van der Waals surface area contributed by atoms with Crippen LogP contribution in [0.5, 0.6) is 0 Å². The van der Waals surface area contributed by atoms with Crippen molar-refractivity contribution in [2.75, 3.05) is 67.7 Å². The van der Waals surface area contributed by atoms with Gasteiger partial charge in [-0.2, -0.15) is 0 Å². The van der Waals surface area contributed by atoms with E-state index in [2.05, 4.69) is 43.2 Å². The number of hydrogen-bond acceptors (Lipinski definition) is 8. The first kappa shape index (κ1) is 26.8. The van der Waals surface area contributed by atoms with Crippen molar-refractivity contribution < 1.29 is 4.79 Å². The Morgan fingerprint density at radius 3 is 2.63 bits per heavy atom. The highest BCUT2D eigenvalue weighted by Crippen LogP contribution is 2.41. The lowest BCUT2D eigenvalue weighted by Crippen LogP contribution is -2.30. The Balaban J connectivity index is 1.16. The standard InChI is InChI=1S/C31H37N9O/c1-4-38-16-13-31(20-38)14-17-39(21-31)25-7-5-6-23(18-25)34-29(41)26-19-40(36-28(26)32)30-33-15-12-27(35-30)22-8-10-24(11-9-22)37(2)3/h5-12,15,18-19H,4,13-14,16-17,20-21H2,1-3H3,(H2,32,36)(H,34,41). The minimum atomic E-state index is -0.325.